The number of nitrogen functional groups attached to an aromatic ring is 1. The van der Waals surface area contributed by atoms with Crippen molar-refractivity contribution in [1.82, 2.24) is 9.97 Å². The molecule has 0 amide bonds. The second kappa shape index (κ2) is 5.39. The second-order valence-electron chi connectivity index (χ2n) is 5.28. The molecule has 0 spiro atoms. The van der Waals surface area contributed by atoms with Crippen molar-refractivity contribution in [1.29, 1.82) is 0 Å². The van der Waals surface area contributed by atoms with Gasteiger partial charge in [-0.05, 0) is 18.4 Å². The molecule has 1 aromatic heterocycles. The lowest BCUT2D eigenvalue weighted by Gasteiger charge is -2.11. The molecule has 0 bridgehead atoms. The summed E-state index contributed by atoms with van der Waals surface area (Å²) in [5.41, 5.74) is 8.29. The maximum atomic E-state index is 5.93. The first-order valence-corrected chi connectivity index (χ1v) is 6.98. The van der Waals surface area contributed by atoms with E-state index >= 15 is 0 Å². The van der Waals surface area contributed by atoms with Gasteiger partial charge in [-0.2, -0.15) is 0 Å². The van der Waals surface area contributed by atoms with E-state index in [9.17, 15) is 0 Å². The number of anilines is 1. The van der Waals surface area contributed by atoms with Crippen molar-refractivity contribution in [2.75, 3.05) is 5.73 Å². The molecule has 1 aliphatic rings. The smallest absolute Gasteiger partial charge is 0.135 e. The molecule has 3 nitrogen and oxygen atoms in total. The number of nitrogens with zero attached hydrogens (tertiary/aromatic N) is 2. The van der Waals surface area contributed by atoms with E-state index in [1.165, 1.54) is 31.2 Å². The Kier molecular flexibility index (Phi) is 3.45. The first-order chi connectivity index (χ1) is 9.31. The van der Waals surface area contributed by atoms with Gasteiger partial charge in [0.25, 0.3) is 0 Å². The molecule has 1 saturated carbocycles. The highest BCUT2D eigenvalue weighted by molar-refractivity contribution is 5.33. The third-order valence-corrected chi connectivity index (χ3v) is 3.79. The number of hydrogen-bond acceptors (Lipinski definition) is 3. The zero-order valence-electron chi connectivity index (χ0n) is 11.0. The lowest BCUT2D eigenvalue weighted by atomic mass is 10.0. The molecule has 0 radical (unpaired) electrons. The molecule has 1 fully saturated rings. The van der Waals surface area contributed by atoms with Gasteiger partial charge in [0.1, 0.15) is 11.6 Å². The Bertz CT molecular complexity index is 545. The second-order valence-corrected chi connectivity index (χ2v) is 5.28. The van der Waals surface area contributed by atoms with Crippen LogP contribution in [0.15, 0.2) is 36.4 Å². The molecule has 0 atom stereocenters. The summed E-state index contributed by atoms with van der Waals surface area (Å²) in [6, 6.07) is 12.3. The van der Waals surface area contributed by atoms with Gasteiger partial charge in [-0.3, -0.25) is 0 Å². The van der Waals surface area contributed by atoms with Gasteiger partial charge >= 0.3 is 0 Å². The van der Waals surface area contributed by atoms with Crippen molar-refractivity contribution in [3.05, 3.63) is 53.5 Å². The zero-order chi connectivity index (χ0) is 13.1. The van der Waals surface area contributed by atoms with E-state index in [4.69, 9.17) is 10.7 Å². The number of benzene rings is 1. The molecular formula is C16H19N3. The molecule has 3 heteroatoms. The summed E-state index contributed by atoms with van der Waals surface area (Å²) in [5.74, 6) is 2.02. The van der Waals surface area contributed by atoms with Crippen LogP contribution >= 0.6 is 0 Å². The van der Waals surface area contributed by atoms with Crippen LogP contribution in [0, 0.1) is 0 Å². The fourth-order valence-electron chi connectivity index (χ4n) is 2.83. The summed E-state index contributed by atoms with van der Waals surface area (Å²) in [6.07, 6.45) is 5.85. The van der Waals surface area contributed by atoms with Gasteiger partial charge in [0, 0.05) is 24.1 Å². The Hall–Kier alpha value is -1.90. The number of nitrogens with two attached hydrogens (primary N) is 1. The van der Waals surface area contributed by atoms with Crippen LogP contribution in [0.3, 0.4) is 0 Å². The Morgan fingerprint density at radius 2 is 1.79 bits per heavy atom. The average molecular weight is 253 g/mol. The summed E-state index contributed by atoms with van der Waals surface area (Å²) < 4.78 is 0. The molecule has 2 N–H and O–H groups in total. The predicted molar refractivity (Wildman–Crippen MR) is 76.9 cm³/mol. The summed E-state index contributed by atoms with van der Waals surface area (Å²) in [7, 11) is 0. The highest BCUT2D eigenvalue weighted by Gasteiger charge is 2.19. The first-order valence-electron chi connectivity index (χ1n) is 6.98. The lowest BCUT2D eigenvalue weighted by molar-refractivity contribution is 0.687. The van der Waals surface area contributed by atoms with Gasteiger partial charge in [0.15, 0.2) is 0 Å². The fourth-order valence-corrected chi connectivity index (χ4v) is 2.83. The summed E-state index contributed by atoms with van der Waals surface area (Å²) in [6.45, 7) is 0. The normalized spacial score (nSPS) is 15.8. The molecule has 3 rings (SSSR count). The minimum Gasteiger partial charge on any atom is -0.384 e. The molecule has 1 aromatic carbocycles. The minimum absolute atomic E-state index is 0.583. The maximum absolute atomic E-state index is 5.93. The maximum Gasteiger partial charge on any atom is 0.135 e. The minimum atomic E-state index is 0.583. The quantitative estimate of drug-likeness (QED) is 0.913. The van der Waals surface area contributed by atoms with E-state index in [-0.39, 0.29) is 0 Å². The van der Waals surface area contributed by atoms with Crippen LogP contribution in [0.4, 0.5) is 5.82 Å². The SMILES string of the molecule is Nc1cc(C2CCCC2)nc(Cc2ccccc2)n1. The van der Waals surface area contributed by atoms with Crippen LogP contribution in [0.25, 0.3) is 0 Å². The van der Waals surface area contributed by atoms with E-state index in [0.29, 0.717) is 11.7 Å². The first kappa shape index (κ1) is 12.2. The Morgan fingerprint density at radius 1 is 1.05 bits per heavy atom. The third kappa shape index (κ3) is 2.92. The van der Waals surface area contributed by atoms with Crippen LogP contribution in [0.2, 0.25) is 0 Å². The molecule has 0 aliphatic heterocycles. The van der Waals surface area contributed by atoms with Gasteiger partial charge in [0.05, 0.1) is 0 Å². The fraction of sp³-hybridized carbons (Fsp3) is 0.375. The van der Waals surface area contributed by atoms with Crippen molar-refractivity contribution in [2.45, 2.75) is 38.0 Å². The van der Waals surface area contributed by atoms with Crippen LogP contribution in [0.5, 0.6) is 0 Å². The van der Waals surface area contributed by atoms with E-state index in [1.807, 2.05) is 24.3 Å². The van der Waals surface area contributed by atoms with E-state index < -0.39 is 0 Å². The van der Waals surface area contributed by atoms with E-state index in [1.54, 1.807) is 0 Å². The molecule has 0 unspecified atom stereocenters. The number of aromatic nitrogens is 2. The third-order valence-electron chi connectivity index (χ3n) is 3.79. The highest BCUT2D eigenvalue weighted by atomic mass is 14.9. The van der Waals surface area contributed by atoms with E-state index in [2.05, 4.69) is 17.1 Å². The summed E-state index contributed by atoms with van der Waals surface area (Å²) >= 11 is 0. The molecule has 2 aromatic rings. The molecular weight excluding hydrogens is 234 g/mol. The Morgan fingerprint density at radius 3 is 2.53 bits per heavy atom. The van der Waals surface area contributed by atoms with Gasteiger partial charge in [-0.25, -0.2) is 9.97 Å². The summed E-state index contributed by atoms with van der Waals surface area (Å²) in [4.78, 5) is 9.09. The van der Waals surface area contributed by atoms with Crippen molar-refractivity contribution >= 4 is 5.82 Å². The topological polar surface area (TPSA) is 51.8 Å². The van der Waals surface area contributed by atoms with Crippen molar-refractivity contribution < 1.29 is 0 Å². The summed E-state index contributed by atoms with van der Waals surface area (Å²) in [5, 5.41) is 0. The largest absolute Gasteiger partial charge is 0.384 e. The number of hydrogen-bond donors (Lipinski definition) is 1. The average Bonchev–Trinajstić information content (AvgIpc) is 2.93. The van der Waals surface area contributed by atoms with Crippen molar-refractivity contribution in [2.24, 2.45) is 0 Å². The van der Waals surface area contributed by atoms with Crippen LogP contribution in [-0.4, -0.2) is 9.97 Å². The van der Waals surface area contributed by atoms with Crippen LogP contribution in [-0.2, 0) is 6.42 Å². The molecule has 1 heterocycles. The Balaban J connectivity index is 1.85. The molecule has 19 heavy (non-hydrogen) atoms. The Labute approximate surface area is 113 Å². The van der Waals surface area contributed by atoms with Gasteiger partial charge in [-0.15, -0.1) is 0 Å². The van der Waals surface area contributed by atoms with Gasteiger partial charge in [-0.1, -0.05) is 43.2 Å². The molecule has 0 saturated heterocycles. The van der Waals surface area contributed by atoms with Crippen LogP contribution in [0.1, 0.15) is 48.7 Å². The highest BCUT2D eigenvalue weighted by Crippen LogP contribution is 2.33. The number of rotatable bonds is 3. The van der Waals surface area contributed by atoms with Crippen molar-refractivity contribution in [3.63, 3.8) is 0 Å². The molecule has 98 valence electrons. The monoisotopic (exact) mass is 253 g/mol. The van der Waals surface area contributed by atoms with Crippen molar-refractivity contribution in [3.8, 4) is 0 Å². The van der Waals surface area contributed by atoms with Gasteiger partial charge in [0.2, 0.25) is 0 Å². The van der Waals surface area contributed by atoms with Crippen LogP contribution < -0.4 is 5.73 Å². The molecule has 1 aliphatic carbocycles. The van der Waals surface area contributed by atoms with Gasteiger partial charge < -0.3 is 5.73 Å². The zero-order valence-corrected chi connectivity index (χ0v) is 11.0. The predicted octanol–water partition coefficient (Wildman–Crippen LogP) is 3.31. The lowest BCUT2D eigenvalue weighted by Crippen LogP contribution is -2.06. The van der Waals surface area contributed by atoms with E-state index in [0.717, 1.165) is 17.9 Å². The standard InChI is InChI=1S/C16H19N3/c17-15-11-14(13-8-4-5-9-13)18-16(19-15)10-12-6-2-1-3-7-12/h1-3,6-7,11,13H,4-5,8-10H2,(H2,17,18,19).